The van der Waals surface area contributed by atoms with E-state index in [1.807, 2.05) is 17.5 Å². The van der Waals surface area contributed by atoms with Crippen LogP contribution < -0.4 is 10.6 Å². The van der Waals surface area contributed by atoms with Crippen LogP contribution >= 0.6 is 11.3 Å². The van der Waals surface area contributed by atoms with Crippen LogP contribution in [0.1, 0.15) is 36.0 Å². The van der Waals surface area contributed by atoms with E-state index in [0.29, 0.717) is 57.6 Å². The van der Waals surface area contributed by atoms with Crippen LogP contribution in [0.15, 0.2) is 35.8 Å². The maximum Gasteiger partial charge on any atom is 0.251 e. The lowest BCUT2D eigenvalue weighted by molar-refractivity contribution is 0.0918. The van der Waals surface area contributed by atoms with E-state index in [1.165, 1.54) is 11.3 Å². The molecule has 1 aromatic carbocycles. The standard InChI is InChI=1S/C20H26N4O4S2/c25-19(15-2-1-3-17(14-15)23-20-21-8-13-29-20)22-16-4-9-24(10-5-16)30(26,27)18-6-11-28-12-7-18/h1-3,8,13-14,16,18H,4-7,9-12H2,(H,21,23)(H,22,25). The molecule has 0 saturated carbocycles. The first-order valence-electron chi connectivity index (χ1n) is 10.2. The van der Waals surface area contributed by atoms with Crippen LogP contribution in [0, 0.1) is 0 Å². The largest absolute Gasteiger partial charge is 0.381 e. The number of sulfonamides is 1. The number of aromatic nitrogens is 1. The zero-order chi connectivity index (χ0) is 21.0. The van der Waals surface area contributed by atoms with E-state index in [1.54, 1.807) is 22.6 Å². The van der Waals surface area contributed by atoms with Crippen molar-refractivity contribution in [3.63, 3.8) is 0 Å². The fraction of sp³-hybridized carbons (Fsp3) is 0.500. The third-order valence-corrected chi connectivity index (χ3v) is 8.63. The van der Waals surface area contributed by atoms with Gasteiger partial charge >= 0.3 is 0 Å². The SMILES string of the molecule is O=C(NC1CCN(S(=O)(=O)C2CCOCC2)CC1)c1cccc(Nc2nccs2)c1. The Morgan fingerprint density at radius 1 is 1.17 bits per heavy atom. The Hall–Kier alpha value is -2.01. The number of rotatable bonds is 6. The lowest BCUT2D eigenvalue weighted by Gasteiger charge is -2.35. The molecule has 2 saturated heterocycles. The minimum absolute atomic E-state index is 0.0331. The number of carbonyl (C=O) groups is 1. The van der Waals surface area contributed by atoms with Crippen LogP contribution in [-0.2, 0) is 14.8 Å². The Labute approximate surface area is 180 Å². The quantitative estimate of drug-likeness (QED) is 0.702. The third kappa shape index (κ3) is 5.00. The second-order valence-electron chi connectivity index (χ2n) is 7.55. The van der Waals surface area contributed by atoms with Gasteiger partial charge in [0.05, 0.1) is 5.25 Å². The van der Waals surface area contributed by atoms with Crippen LogP contribution in [0.2, 0.25) is 0 Å². The number of hydrogen-bond acceptors (Lipinski definition) is 7. The molecule has 8 nitrogen and oxygen atoms in total. The lowest BCUT2D eigenvalue weighted by atomic mass is 10.1. The van der Waals surface area contributed by atoms with Gasteiger partial charge in [-0.3, -0.25) is 4.79 Å². The highest BCUT2D eigenvalue weighted by molar-refractivity contribution is 7.89. The number of ether oxygens (including phenoxy) is 1. The molecule has 2 N–H and O–H groups in total. The fourth-order valence-corrected chi connectivity index (χ4v) is 6.33. The summed E-state index contributed by atoms with van der Waals surface area (Å²) in [4.78, 5) is 16.9. The zero-order valence-corrected chi connectivity index (χ0v) is 18.3. The first-order valence-corrected chi connectivity index (χ1v) is 12.5. The molecular formula is C20H26N4O4S2. The van der Waals surface area contributed by atoms with Gasteiger partial charge in [0.1, 0.15) is 0 Å². The Balaban J connectivity index is 1.31. The second-order valence-corrected chi connectivity index (χ2v) is 10.7. The average Bonchev–Trinajstić information content (AvgIpc) is 3.28. The molecule has 0 unspecified atom stereocenters. The summed E-state index contributed by atoms with van der Waals surface area (Å²) in [6, 6.07) is 7.24. The van der Waals surface area contributed by atoms with Crippen LogP contribution in [0.4, 0.5) is 10.8 Å². The molecule has 1 amide bonds. The van der Waals surface area contributed by atoms with Crippen LogP contribution in [0.3, 0.4) is 0 Å². The summed E-state index contributed by atoms with van der Waals surface area (Å²) in [5.41, 5.74) is 1.36. The van der Waals surface area contributed by atoms with Gasteiger partial charge in [-0.2, -0.15) is 0 Å². The third-order valence-electron chi connectivity index (χ3n) is 5.55. The van der Waals surface area contributed by atoms with Crippen molar-refractivity contribution in [1.29, 1.82) is 0 Å². The molecule has 0 bridgehead atoms. The molecule has 0 spiro atoms. The molecule has 0 atom stereocenters. The van der Waals surface area contributed by atoms with Crippen molar-refractivity contribution in [2.24, 2.45) is 0 Å². The lowest BCUT2D eigenvalue weighted by Crippen LogP contribution is -2.49. The molecule has 162 valence electrons. The summed E-state index contributed by atoms with van der Waals surface area (Å²) >= 11 is 1.49. The number of benzene rings is 1. The number of piperidine rings is 1. The molecular weight excluding hydrogens is 424 g/mol. The Morgan fingerprint density at radius 3 is 2.63 bits per heavy atom. The number of thiazole rings is 1. The summed E-state index contributed by atoms with van der Waals surface area (Å²) in [7, 11) is -3.29. The normalized spacial score (nSPS) is 19.5. The first-order chi connectivity index (χ1) is 14.5. The second kappa shape index (κ2) is 9.42. The van der Waals surface area contributed by atoms with Gasteiger partial charge in [0.2, 0.25) is 10.0 Å². The minimum Gasteiger partial charge on any atom is -0.381 e. The van der Waals surface area contributed by atoms with Crippen molar-refractivity contribution in [1.82, 2.24) is 14.6 Å². The van der Waals surface area contributed by atoms with Gasteiger partial charge in [0, 0.05) is 55.2 Å². The van der Waals surface area contributed by atoms with E-state index in [-0.39, 0.29) is 17.2 Å². The number of hydrogen-bond donors (Lipinski definition) is 2. The van der Waals surface area contributed by atoms with E-state index in [9.17, 15) is 13.2 Å². The van der Waals surface area contributed by atoms with E-state index in [0.717, 1.165) is 10.8 Å². The maximum atomic E-state index is 12.8. The number of nitrogens with zero attached hydrogens (tertiary/aromatic N) is 2. The summed E-state index contributed by atoms with van der Waals surface area (Å²) in [5.74, 6) is -0.150. The van der Waals surface area contributed by atoms with E-state index in [4.69, 9.17) is 4.74 Å². The molecule has 2 aliphatic heterocycles. The molecule has 0 radical (unpaired) electrons. The monoisotopic (exact) mass is 450 g/mol. The van der Waals surface area contributed by atoms with Crippen molar-refractivity contribution in [2.45, 2.75) is 37.0 Å². The topological polar surface area (TPSA) is 101 Å². The Kier molecular flexibility index (Phi) is 6.67. The predicted molar refractivity (Wildman–Crippen MR) is 117 cm³/mol. The van der Waals surface area contributed by atoms with Gasteiger partial charge in [-0.25, -0.2) is 17.7 Å². The van der Waals surface area contributed by atoms with Gasteiger partial charge in [-0.15, -0.1) is 11.3 Å². The highest BCUT2D eigenvalue weighted by Crippen LogP contribution is 2.24. The van der Waals surface area contributed by atoms with Gasteiger partial charge in [-0.05, 0) is 43.9 Å². The van der Waals surface area contributed by atoms with E-state index in [2.05, 4.69) is 15.6 Å². The molecule has 2 fully saturated rings. The molecule has 10 heteroatoms. The van der Waals surface area contributed by atoms with Crippen LogP contribution in [-0.4, -0.2) is 61.2 Å². The molecule has 30 heavy (non-hydrogen) atoms. The van der Waals surface area contributed by atoms with Crippen molar-refractivity contribution >= 4 is 38.1 Å². The molecule has 2 aromatic rings. The highest BCUT2D eigenvalue weighted by Gasteiger charge is 2.35. The van der Waals surface area contributed by atoms with Crippen LogP contribution in [0.5, 0.6) is 0 Å². The summed E-state index contributed by atoms with van der Waals surface area (Å²) < 4.78 is 32.5. The van der Waals surface area contributed by atoms with Gasteiger partial charge in [0.25, 0.3) is 5.91 Å². The molecule has 0 aliphatic carbocycles. The number of anilines is 2. The van der Waals surface area contributed by atoms with Crippen LogP contribution in [0.25, 0.3) is 0 Å². The molecule has 3 heterocycles. The minimum atomic E-state index is -3.29. The summed E-state index contributed by atoms with van der Waals surface area (Å²) in [5, 5.41) is 8.54. The predicted octanol–water partition coefficient (Wildman–Crippen LogP) is 2.59. The highest BCUT2D eigenvalue weighted by atomic mass is 32.2. The Bertz CT molecular complexity index is 951. The van der Waals surface area contributed by atoms with Gasteiger partial charge < -0.3 is 15.4 Å². The fourth-order valence-electron chi connectivity index (χ4n) is 3.85. The average molecular weight is 451 g/mol. The molecule has 2 aliphatic rings. The number of amides is 1. The molecule has 1 aromatic heterocycles. The Morgan fingerprint density at radius 2 is 1.93 bits per heavy atom. The van der Waals surface area contributed by atoms with Crippen molar-refractivity contribution in [3.05, 3.63) is 41.4 Å². The van der Waals surface area contributed by atoms with Crippen molar-refractivity contribution < 1.29 is 17.9 Å². The summed E-state index contributed by atoms with van der Waals surface area (Å²) in [6.07, 6.45) is 4.07. The van der Waals surface area contributed by atoms with Crippen molar-refractivity contribution in [3.8, 4) is 0 Å². The van der Waals surface area contributed by atoms with E-state index >= 15 is 0 Å². The maximum absolute atomic E-state index is 12.8. The van der Waals surface area contributed by atoms with Gasteiger partial charge in [-0.1, -0.05) is 6.07 Å². The summed E-state index contributed by atoms with van der Waals surface area (Å²) in [6.45, 7) is 1.90. The molecule has 4 rings (SSSR count). The van der Waals surface area contributed by atoms with E-state index < -0.39 is 10.0 Å². The van der Waals surface area contributed by atoms with Crippen molar-refractivity contribution in [2.75, 3.05) is 31.6 Å². The number of nitrogens with one attached hydrogen (secondary N) is 2. The zero-order valence-electron chi connectivity index (χ0n) is 16.6. The van der Waals surface area contributed by atoms with Gasteiger partial charge in [0.15, 0.2) is 5.13 Å². The smallest absolute Gasteiger partial charge is 0.251 e. The number of carbonyl (C=O) groups excluding carboxylic acids is 1. The first kappa shape index (κ1) is 21.2.